The summed E-state index contributed by atoms with van der Waals surface area (Å²) in [6, 6.07) is 12.3. The van der Waals surface area contributed by atoms with Crippen LogP contribution in [0.4, 0.5) is 5.95 Å². The highest BCUT2D eigenvalue weighted by atomic mass is 35.5. The van der Waals surface area contributed by atoms with Crippen molar-refractivity contribution in [1.29, 1.82) is 0 Å². The number of anilines is 1. The van der Waals surface area contributed by atoms with Gasteiger partial charge in [0.15, 0.2) is 9.84 Å². The Hall–Kier alpha value is -2.71. The largest absolute Gasteiger partial charge is 0.349 e. The Kier molecular flexibility index (Phi) is 6.59. The molecule has 7 nitrogen and oxygen atoms in total. The molecule has 0 spiro atoms. The number of halogens is 1. The second-order valence-electron chi connectivity index (χ2n) is 8.57. The van der Waals surface area contributed by atoms with E-state index >= 15 is 0 Å². The second-order valence-corrected chi connectivity index (χ2v) is 11.0. The lowest BCUT2D eigenvalue weighted by Gasteiger charge is -2.32. The first-order chi connectivity index (χ1) is 15.6. The van der Waals surface area contributed by atoms with E-state index in [2.05, 4.69) is 20.2 Å². The van der Waals surface area contributed by atoms with E-state index in [9.17, 15) is 13.2 Å². The molecule has 1 saturated heterocycles. The van der Waals surface area contributed by atoms with Crippen LogP contribution in [0.2, 0.25) is 5.02 Å². The minimum absolute atomic E-state index is 0.0236. The van der Waals surface area contributed by atoms with E-state index in [-0.39, 0.29) is 22.8 Å². The molecule has 1 atom stereocenters. The summed E-state index contributed by atoms with van der Waals surface area (Å²) in [5, 5.41) is 4.55. The fourth-order valence-corrected chi connectivity index (χ4v) is 5.14. The van der Waals surface area contributed by atoms with Crippen molar-refractivity contribution < 1.29 is 13.2 Å². The highest BCUT2D eigenvalue weighted by Gasteiger charge is 2.28. The summed E-state index contributed by atoms with van der Waals surface area (Å²) in [5.41, 5.74) is 2.30. The predicted octanol–water partition coefficient (Wildman–Crippen LogP) is 4.09. The van der Waals surface area contributed by atoms with Gasteiger partial charge in [-0.1, -0.05) is 29.8 Å². The SMILES string of the molecule is Cc1nc(N2CCC(C(=O)N[C@H](C)c3ccccc3Cl)CC2)nc2cc(S(C)(=O)=O)ccc12. The summed E-state index contributed by atoms with van der Waals surface area (Å²) in [5.74, 6) is 0.494. The van der Waals surface area contributed by atoms with Crippen LogP contribution in [-0.4, -0.2) is 43.6 Å². The number of aromatic nitrogens is 2. The molecule has 1 amide bonds. The van der Waals surface area contributed by atoms with Gasteiger partial charge >= 0.3 is 0 Å². The molecule has 33 heavy (non-hydrogen) atoms. The van der Waals surface area contributed by atoms with Crippen LogP contribution in [0.15, 0.2) is 47.4 Å². The molecule has 4 rings (SSSR count). The molecule has 2 aromatic carbocycles. The number of sulfone groups is 1. The molecule has 0 radical (unpaired) electrons. The molecule has 0 bridgehead atoms. The Morgan fingerprint density at radius 3 is 2.52 bits per heavy atom. The van der Waals surface area contributed by atoms with Crippen molar-refractivity contribution in [2.24, 2.45) is 5.92 Å². The number of hydrogen-bond acceptors (Lipinski definition) is 6. The van der Waals surface area contributed by atoms with Gasteiger partial charge in [0.05, 0.1) is 22.1 Å². The molecule has 0 saturated carbocycles. The molecule has 1 N–H and O–H groups in total. The third-order valence-electron chi connectivity index (χ3n) is 6.15. The number of carbonyl (C=O) groups excluding carboxylic acids is 1. The fourth-order valence-electron chi connectivity index (χ4n) is 4.20. The number of nitrogens with zero attached hydrogens (tertiary/aromatic N) is 3. The lowest BCUT2D eigenvalue weighted by atomic mass is 9.95. The Labute approximate surface area is 199 Å². The van der Waals surface area contributed by atoms with E-state index in [1.165, 1.54) is 6.26 Å². The van der Waals surface area contributed by atoms with Crippen LogP contribution in [0, 0.1) is 12.8 Å². The van der Waals surface area contributed by atoms with Gasteiger partial charge in [0.25, 0.3) is 0 Å². The predicted molar refractivity (Wildman–Crippen MR) is 130 cm³/mol. The number of piperidine rings is 1. The van der Waals surface area contributed by atoms with Crippen molar-refractivity contribution in [3.63, 3.8) is 0 Å². The zero-order valence-corrected chi connectivity index (χ0v) is 20.4. The lowest BCUT2D eigenvalue weighted by Crippen LogP contribution is -2.41. The van der Waals surface area contributed by atoms with Gasteiger partial charge in [-0.05, 0) is 56.5 Å². The lowest BCUT2D eigenvalue weighted by molar-refractivity contribution is -0.126. The minimum Gasteiger partial charge on any atom is -0.349 e. The van der Waals surface area contributed by atoms with Crippen molar-refractivity contribution in [2.75, 3.05) is 24.2 Å². The Morgan fingerprint density at radius 2 is 1.85 bits per heavy atom. The number of nitrogens with one attached hydrogen (secondary N) is 1. The first-order valence-electron chi connectivity index (χ1n) is 10.9. The van der Waals surface area contributed by atoms with Crippen LogP contribution < -0.4 is 10.2 Å². The summed E-state index contributed by atoms with van der Waals surface area (Å²) in [6.45, 7) is 5.12. The number of amides is 1. The van der Waals surface area contributed by atoms with Crippen molar-refractivity contribution in [1.82, 2.24) is 15.3 Å². The van der Waals surface area contributed by atoms with E-state index in [0.717, 1.165) is 16.6 Å². The third-order valence-corrected chi connectivity index (χ3v) is 7.61. The van der Waals surface area contributed by atoms with Crippen LogP contribution >= 0.6 is 11.6 Å². The van der Waals surface area contributed by atoms with E-state index in [0.29, 0.717) is 42.4 Å². The van der Waals surface area contributed by atoms with Crippen molar-refractivity contribution in [3.05, 3.63) is 58.7 Å². The molecule has 2 heterocycles. The zero-order chi connectivity index (χ0) is 23.8. The van der Waals surface area contributed by atoms with Crippen molar-refractivity contribution >= 4 is 44.2 Å². The number of rotatable bonds is 5. The molecular weight excluding hydrogens is 460 g/mol. The van der Waals surface area contributed by atoms with Crippen LogP contribution in [0.1, 0.15) is 37.1 Å². The Bertz CT molecular complexity index is 1300. The van der Waals surface area contributed by atoms with Gasteiger partial charge in [-0.25, -0.2) is 18.4 Å². The highest BCUT2D eigenvalue weighted by molar-refractivity contribution is 7.90. The van der Waals surface area contributed by atoms with E-state index in [4.69, 9.17) is 11.6 Å². The van der Waals surface area contributed by atoms with E-state index < -0.39 is 9.84 Å². The van der Waals surface area contributed by atoms with Gasteiger partial charge in [0.2, 0.25) is 11.9 Å². The van der Waals surface area contributed by atoms with Crippen LogP contribution in [0.3, 0.4) is 0 Å². The maximum Gasteiger partial charge on any atom is 0.226 e. The summed E-state index contributed by atoms with van der Waals surface area (Å²) in [6.07, 6.45) is 2.56. The average molecular weight is 487 g/mol. The normalized spacial score (nSPS) is 16.1. The maximum absolute atomic E-state index is 12.8. The molecule has 1 aromatic heterocycles. The van der Waals surface area contributed by atoms with Crippen LogP contribution in [0.25, 0.3) is 10.9 Å². The van der Waals surface area contributed by atoms with Gasteiger partial charge < -0.3 is 10.2 Å². The second kappa shape index (κ2) is 9.27. The smallest absolute Gasteiger partial charge is 0.226 e. The number of hydrogen-bond donors (Lipinski definition) is 1. The van der Waals surface area contributed by atoms with Gasteiger partial charge in [-0.15, -0.1) is 0 Å². The van der Waals surface area contributed by atoms with Crippen LogP contribution in [0.5, 0.6) is 0 Å². The van der Waals surface area contributed by atoms with Gasteiger partial charge in [0, 0.05) is 35.7 Å². The maximum atomic E-state index is 12.8. The Balaban J connectivity index is 1.45. The molecule has 9 heteroatoms. The molecule has 0 unspecified atom stereocenters. The zero-order valence-electron chi connectivity index (χ0n) is 18.9. The number of aryl methyl sites for hydroxylation is 1. The molecule has 0 aliphatic carbocycles. The van der Waals surface area contributed by atoms with E-state index in [1.54, 1.807) is 18.2 Å². The first-order valence-corrected chi connectivity index (χ1v) is 13.2. The Morgan fingerprint density at radius 1 is 1.15 bits per heavy atom. The standard InChI is InChI=1S/C24H27ClN4O3S/c1-15(19-6-4-5-7-21(19)25)26-23(30)17-10-12-29(13-11-17)24-27-16(2)20-9-8-18(33(3,31)32)14-22(20)28-24/h4-9,14-15,17H,10-13H2,1-3H3,(H,26,30)/t15-/m1/s1. The minimum atomic E-state index is -3.32. The topological polar surface area (TPSA) is 92.3 Å². The van der Waals surface area contributed by atoms with Gasteiger partial charge in [-0.2, -0.15) is 0 Å². The number of carbonyl (C=O) groups is 1. The van der Waals surface area contributed by atoms with Crippen molar-refractivity contribution in [3.8, 4) is 0 Å². The number of fused-ring (bicyclic) bond motifs is 1. The quantitative estimate of drug-likeness (QED) is 0.584. The molecular formula is C24H27ClN4O3S. The highest BCUT2D eigenvalue weighted by Crippen LogP contribution is 2.27. The summed E-state index contributed by atoms with van der Waals surface area (Å²) in [4.78, 5) is 24.4. The molecule has 174 valence electrons. The fraction of sp³-hybridized carbons (Fsp3) is 0.375. The summed E-state index contributed by atoms with van der Waals surface area (Å²) >= 11 is 6.26. The number of benzene rings is 2. The monoisotopic (exact) mass is 486 g/mol. The molecule has 3 aromatic rings. The van der Waals surface area contributed by atoms with Crippen molar-refractivity contribution in [2.45, 2.75) is 37.6 Å². The van der Waals surface area contributed by atoms with Gasteiger partial charge in [0.1, 0.15) is 0 Å². The van der Waals surface area contributed by atoms with Gasteiger partial charge in [-0.3, -0.25) is 4.79 Å². The first kappa shape index (κ1) is 23.4. The molecule has 1 aliphatic heterocycles. The summed E-state index contributed by atoms with van der Waals surface area (Å²) in [7, 11) is -3.32. The van der Waals surface area contributed by atoms with E-state index in [1.807, 2.05) is 38.1 Å². The third kappa shape index (κ3) is 5.12. The molecule has 1 fully saturated rings. The summed E-state index contributed by atoms with van der Waals surface area (Å²) < 4.78 is 23.9. The average Bonchev–Trinajstić information content (AvgIpc) is 2.78. The van der Waals surface area contributed by atoms with Crippen LogP contribution in [-0.2, 0) is 14.6 Å². The molecule has 1 aliphatic rings.